The van der Waals surface area contributed by atoms with Crippen LogP contribution in [0.15, 0.2) is 54.2 Å². The molecule has 1 fully saturated rings. The molecule has 0 spiro atoms. The zero-order valence-electron chi connectivity index (χ0n) is 19.1. The summed E-state index contributed by atoms with van der Waals surface area (Å²) in [6, 6.07) is 15.8. The molecule has 2 amide bonds. The fourth-order valence-electron chi connectivity index (χ4n) is 4.14. The quantitative estimate of drug-likeness (QED) is 0.632. The van der Waals surface area contributed by atoms with Gasteiger partial charge in [0.15, 0.2) is 0 Å². The highest BCUT2D eigenvalue weighted by molar-refractivity contribution is 6.36. The van der Waals surface area contributed by atoms with Crippen molar-refractivity contribution in [1.82, 2.24) is 4.90 Å². The Kier molecular flexibility index (Phi) is 6.61. The fourth-order valence-corrected chi connectivity index (χ4v) is 4.14. The van der Waals surface area contributed by atoms with Crippen molar-refractivity contribution in [2.45, 2.75) is 39.7 Å². The monoisotopic (exact) mass is 433 g/mol. The third-order valence-corrected chi connectivity index (χ3v) is 5.88. The van der Waals surface area contributed by atoms with Gasteiger partial charge in [-0.2, -0.15) is 0 Å². The molecule has 2 aliphatic rings. The summed E-state index contributed by atoms with van der Waals surface area (Å²) in [7, 11) is 0. The Morgan fingerprint density at radius 3 is 2.22 bits per heavy atom. The first-order valence-electron chi connectivity index (χ1n) is 11.3. The van der Waals surface area contributed by atoms with Crippen LogP contribution in [0.1, 0.15) is 37.8 Å². The van der Waals surface area contributed by atoms with Crippen LogP contribution in [-0.2, 0) is 14.3 Å². The first-order chi connectivity index (χ1) is 15.4. The zero-order valence-corrected chi connectivity index (χ0v) is 19.1. The Hall–Kier alpha value is -3.12. The van der Waals surface area contributed by atoms with Crippen molar-refractivity contribution in [1.29, 1.82) is 0 Å². The van der Waals surface area contributed by atoms with E-state index in [-0.39, 0.29) is 24.5 Å². The molecule has 2 aromatic rings. The maximum absolute atomic E-state index is 13.3. The van der Waals surface area contributed by atoms with E-state index in [1.807, 2.05) is 57.2 Å². The number of anilines is 2. The molecule has 6 heteroatoms. The summed E-state index contributed by atoms with van der Waals surface area (Å²) in [5.41, 5.74) is 4.52. The summed E-state index contributed by atoms with van der Waals surface area (Å²) in [6.45, 7) is 8.56. The number of ether oxygens (including phenoxy) is 1. The van der Waals surface area contributed by atoms with Crippen LogP contribution in [0.25, 0.3) is 5.57 Å². The molecule has 1 saturated heterocycles. The van der Waals surface area contributed by atoms with E-state index in [9.17, 15) is 9.59 Å². The van der Waals surface area contributed by atoms with Crippen molar-refractivity contribution in [2.75, 3.05) is 36.5 Å². The Balaban J connectivity index is 1.60. The van der Waals surface area contributed by atoms with Gasteiger partial charge in [-0.1, -0.05) is 29.8 Å². The van der Waals surface area contributed by atoms with Gasteiger partial charge in [-0.15, -0.1) is 0 Å². The van der Waals surface area contributed by atoms with Gasteiger partial charge in [0, 0.05) is 24.5 Å². The highest BCUT2D eigenvalue weighted by Gasteiger charge is 2.39. The lowest BCUT2D eigenvalue weighted by Gasteiger charge is -2.18. The molecule has 6 nitrogen and oxygen atoms in total. The number of hydrogen-bond donors (Lipinski definition) is 1. The summed E-state index contributed by atoms with van der Waals surface area (Å²) in [6.07, 6.45) is 2.48. The van der Waals surface area contributed by atoms with E-state index in [0.717, 1.165) is 29.9 Å². The number of imide groups is 1. The van der Waals surface area contributed by atoms with Crippen LogP contribution in [-0.4, -0.2) is 49.1 Å². The number of amides is 2. The first kappa shape index (κ1) is 22.1. The van der Waals surface area contributed by atoms with E-state index < -0.39 is 0 Å². The van der Waals surface area contributed by atoms with Gasteiger partial charge in [0.25, 0.3) is 11.8 Å². The third-order valence-electron chi connectivity index (χ3n) is 5.88. The lowest BCUT2D eigenvalue weighted by molar-refractivity contribution is -0.137. The predicted octanol–water partition coefficient (Wildman–Crippen LogP) is 4.21. The molecule has 0 unspecified atom stereocenters. The van der Waals surface area contributed by atoms with E-state index in [4.69, 9.17) is 4.74 Å². The number of carbonyl (C=O) groups excluding carboxylic acids is 2. The molecule has 0 saturated carbocycles. The second-order valence-corrected chi connectivity index (χ2v) is 8.66. The molecule has 2 aliphatic heterocycles. The molecule has 4 rings (SSSR count). The molecular weight excluding hydrogens is 402 g/mol. The van der Waals surface area contributed by atoms with Crippen molar-refractivity contribution < 1.29 is 14.3 Å². The number of benzene rings is 2. The van der Waals surface area contributed by atoms with E-state index in [1.165, 1.54) is 23.4 Å². The van der Waals surface area contributed by atoms with Crippen LogP contribution in [0.5, 0.6) is 0 Å². The average molecular weight is 434 g/mol. The molecule has 0 aliphatic carbocycles. The predicted molar refractivity (Wildman–Crippen MR) is 127 cm³/mol. The van der Waals surface area contributed by atoms with Crippen molar-refractivity contribution in [2.24, 2.45) is 0 Å². The van der Waals surface area contributed by atoms with Gasteiger partial charge < -0.3 is 15.0 Å². The third kappa shape index (κ3) is 4.70. The second-order valence-electron chi connectivity index (χ2n) is 8.66. The normalized spacial score (nSPS) is 16.6. The van der Waals surface area contributed by atoms with Crippen LogP contribution in [0.3, 0.4) is 0 Å². The molecule has 2 aromatic carbocycles. The standard InChI is InChI=1S/C26H31N3O3/c1-18(2)32-17-16-29-25(30)23(20-8-6-19(3)7-9-20)24(26(29)31)27-21-10-12-22(13-11-21)28-14-4-5-15-28/h6-13,18,27H,4-5,14-17H2,1-3H3. The number of nitrogens with zero attached hydrogens (tertiary/aromatic N) is 2. The first-order valence-corrected chi connectivity index (χ1v) is 11.3. The van der Waals surface area contributed by atoms with Gasteiger partial charge in [0.1, 0.15) is 5.70 Å². The lowest BCUT2D eigenvalue weighted by atomic mass is 10.0. The Labute approximate surface area is 189 Å². The van der Waals surface area contributed by atoms with E-state index >= 15 is 0 Å². The molecule has 32 heavy (non-hydrogen) atoms. The van der Waals surface area contributed by atoms with Gasteiger partial charge in [-0.3, -0.25) is 14.5 Å². The molecule has 0 radical (unpaired) electrons. The number of rotatable bonds is 8. The van der Waals surface area contributed by atoms with Crippen molar-refractivity contribution in [3.05, 3.63) is 65.4 Å². The highest BCUT2D eigenvalue weighted by Crippen LogP contribution is 2.31. The SMILES string of the molecule is Cc1ccc(C2=C(Nc3ccc(N4CCCC4)cc3)C(=O)N(CCOC(C)C)C2=O)cc1. The molecule has 0 aromatic heterocycles. The fraction of sp³-hybridized carbons (Fsp3) is 0.385. The molecule has 1 N–H and O–H groups in total. The summed E-state index contributed by atoms with van der Waals surface area (Å²) in [5.74, 6) is -0.607. The number of carbonyl (C=O) groups is 2. The molecule has 0 atom stereocenters. The minimum absolute atomic E-state index is 0.0408. The Morgan fingerprint density at radius 1 is 0.938 bits per heavy atom. The highest BCUT2D eigenvalue weighted by atomic mass is 16.5. The van der Waals surface area contributed by atoms with Gasteiger partial charge in [0.2, 0.25) is 0 Å². The largest absolute Gasteiger partial charge is 0.377 e. The number of hydrogen-bond acceptors (Lipinski definition) is 5. The summed E-state index contributed by atoms with van der Waals surface area (Å²) < 4.78 is 5.58. The maximum Gasteiger partial charge on any atom is 0.278 e. The maximum atomic E-state index is 13.3. The molecule has 168 valence electrons. The number of aryl methyl sites for hydroxylation is 1. The minimum atomic E-state index is -0.318. The molecular formula is C26H31N3O3. The summed E-state index contributed by atoms with van der Waals surface area (Å²) in [5, 5.41) is 3.24. The van der Waals surface area contributed by atoms with Crippen molar-refractivity contribution in [3.63, 3.8) is 0 Å². The molecule has 2 heterocycles. The summed E-state index contributed by atoms with van der Waals surface area (Å²) >= 11 is 0. The minimum Gasteiger partial charge on any atom is -0.377 e. The smallest absolute Gasteiger partial charge is 0.278 e. The van der Waals surface area contributed by atoms with Gasteiger partial charge in [-0.25, -0.2) is 0 Å². The Morgan fingerprint density at radius 2 is 1.59 bits per heavy atom. The van der Waals surface area contributed by atoms with Gasteiger partial charge in [0.05, 0.1) is 24.8 Å². The summed E-state index contributed by atoms with van der Waals surface area (Å²) in [4.78, 5) is 30.1. The topological polar surface area (TPSA) is 61.9 Å². The average Bonchev–Trinajstić information content (AvgIpc) is 3.39. The van der Waals surface area contributed by atoms with Crippen LogP contribution in [0, 0.1) is 6.92 Å². The van der Waals surface area contributed by atoms with E-state index in [0.29, 0.717) is 17.9 Å². The number of nitrogens with one attached hydrogen (secondary N) is 1. The van der Waals surface area contributed by atoms with Gasteiger partial charge >= 0.3 is 0 Å². The van der Waals surface area contributed by atoms with E-state index in [2.05, 4.69) is 22.3 Å². The van der Waals surface area contributed by atoms with Crippen LogP contribution >= 0.6 is 0 Å². The van der Waals surface area contributed by atoms with Crippen molar-refractivity contribution in [3.8, 4) is 0 Å². The van der Waals surface area contributed by atoms with Crippen molar-refractivity contribution >= 4 is 28.8 Å². The zero-order chi connectivity index (χ0) is 22.7. The second kappa shape index (κ2) is 9.57. The van der Waals surface area contributed by atoms with Crippen LogP contribution in [0.2, 0.25) is 0 Å². The van der Waals surface area contributed by atoms with E-state index in [1.54, 1.807) is 0 Å². The Bertz CT molecular complexity index is 1000. The molecule has 0 bridgehead atoms. The van der Waals surface area contributed by atoms with Crippen LogP contribution < -0.4 is 10.2 Å². The van der Waals surface area contributed by atoms with Crippen LogP contribution in [0.4, 0.5) is 11.4 Å². The lowest BCUT2D eigenvalue weighted by Crippen LogP contribution is -2.35. The van der Waals surface area contributed by atoms with Gasteiger partial charge in [-0.05, 0) is 63.4 Å².